The first-order valence-corrected chi connectivity index (χ1v) is 10.1. The minimum absolute atomic E-state index is 0.148. The number of thiazole rings is 1. The summed E-state index contributed by atoms with van der Waals surface area (Å²) in [6, 6.07) is 22.7. The van der Waals surface area contributed by atoms with Crippen molar-refractivity contribution in [2.24, 2.45) is 10.1 Å². The van der Waals surface area contributed by atoms with Crippen LogP contribution in [0.2, 0.25) is 0 Å². The van der Waals surface area contributed by atoms with E-state index in [1.54, 1.807) is 35.8 Å². The van der Waals surface area contributed by atoms with E-state index in [9.17, 15) is 5.11 Å². The van der Waals surface area contributed by atoms with Gasteiger partial charge in [0.1, 0.15) is 5.75 Å². The second-order valence-corrected chi connectivity index (χ2v) is 7.80. The van der Waals surface area contributed by atoms with E-state index >= 15 is 0 Å². The Kier molecular flexibility index (Phi) is 5.45. The number of halogens is 1. The van der Waals surface area contributed by atoms with Gasteiger partial charge in [0.05, 0.1) is 22.1 Å². The van der Waals surface area contributed by atoms with Crippen LogP contribution < -0.4 is 5.43 Å². The predicted octanol–water partition coefficient (Wildman–Crippen LogP) is 5.47. The average molecular weight is 451 g/mol. The number of hydrogen-bond donors (Lipinski definition) is 2. The lowest BCUT2D eigenvalue weighted by Crippen LogP contribution is -2.18. The Labute approximate surface area is 174 Å². The number of phenolic OH excluding ortho intramolecular Hbond substituents is 1. The van der Waals surface area contributed by atoms with E-state index in [0.717, 1.165) is 25.4 Å². The molecule has 0 bridgehead atoms. The molecule has 5 nitrogen and oxygen atoms in total. The molecule has 0 saturated heterocycles. The highest BCUT2D eigenvalue weighted by Gasteiger charge is 2.10. The third-order valence-corrected chi connectivity index (χ3v) is 5.39. The first-order valence-electron chi connectivity index (χ1n) is 8.46. The Bertz CT molecular complexity index is 1140. The number of benzene rings is 3. The summed E-state index contributed by atoms with van der Waals surface area (Å²) >= 11 is 4.93. The van der Waals surface area contributed by atoms with Crippen LogP contribution in [0.3, 0.4) is 0 Å². The second-order valence-electron chi connectivity index (χ2n) is 5.86. The Hall–Kier alpha value is -3.03. The topological polar surface area (TPSA) is 69.9 Å². The minimum Gasteiger partial charge on any atom is -0.507 e. The molecule has 0 radical (unpaired) electrons. The summed E-state index contributed by atoms with van der Waals surface area (Å²) < 4.78 is 1.93. The van der Waals surface area contributed by atoms with Gasteiger partial charge in [0.25, 0.3) is 0 Å². The molecule has 0 aliphatic carbocycles. The molecule has 1 aromatic heterocycles. The van der Waals surface area contributed by atoms with Crippen LogP contribution in [0.1, 0.15) is 10.6 Å². The summed E-state index contributed by atoms with van der Waals surface area (Å²) in [5, 5.41) is 15.0. The van der Waals surface area contributed by atoms with Crippen LogP contribution in [-0.4, -0.2) is 22.1 Å². The maximum atomic E-state index is 9.97. The van der Waals surface area contributed by atoms with Crippen LogP contribution in [-0.2, 0) is 0 Å². The maximum Gasteiger partial charge on any atom is 0.183 e. The summed E-state index contributed by atoms with van der Waals surface area (Å²) in [5.41, 5.74) is 5.28. The number of phenols is 1. The molecule has 0 saturated carbocycles. The van der Waals surface area contributed by atoms with E-state index in [1.165, 1.54) is 0 Å². The van der Waals surface area contributed by atoms with Gasteiger partial charge in [-0.2, -0.15) is 5.10 Å². The molecule has 0 fully saturated rings. The van der Waals surface area contributed by atoms with E-state index in [0.29, 0.717) is 11.4 Å². The molecule has 138 valence electrons. The van der Waals surface area contributed by atoms with Crippen molar-refractivity contribution in [2.45, 2.75) is 0 Å². The largest absolute Gasteiger partial charge is 0.507 e. The van der Waals surface area contributed by atoms with Crippen molar-refractivity contribution in [3.63, 3.8) is 0 Å². The van der Waals surface area contributed by atoms with Gasteiger partial charge in [0.2, 0.25) is 0 Å². The second kappa shape index (κ2) is 8.33. The lowest BCUT2D eigenvalue weighted by atomic mass is 10.2. The van der Waals surface area contributed by atoms with Gasteiger partial charge < -0.3 is 5.11 Å². The number of hydrazone groups is 1. The molecular formula is C21H15BrN4OS. The van der Waals surface area contributed by atoms with Crippen molar-refractivity contribution in [1.29, 1.82) is 0 Å². The molecule has 0 spiro atoms. The highest BCUT2D eigenvalue weighted by atomic mass is 79.9. The summed E-state index contributed by atoms with van der Waals surface area (Å²) in [4.78, 5) is 9.32. The summed E-state index contributed by atoms with van der Waals surface area (Å²) in [6.07, 6.45) is 1.55. The van der Waals surface area contributed by atoms with Crippen LogP contribution in [0.4, 0.5) is 5.69 Å². The SMILES string of the molecule is Oc1ccc(Br)cc1/C=N/NC(=Nc1ccccc1)c1nc2ccccc2s1. The average Bonchev–Trinajstić information content (AvgIpc) is 3.15. The fourth-order valence-corrected chi connectivity index (χ4v) is 3.80. The molecule has 1 heterocycles. The Morgan fingerprint density at radius 1 is 1.04 bits per heavy atom. The molecular weight excluding hydrogens is 436 g/mol. The van der Waals surface area contributed by atoms with Crippen LogP contribution in [0.25, 0.3) is 10.2 Å². The fourth-order valence-electron chi connectivity index (χ4n) is 2.52. The van der Waals surface area contributed by atoms with Crippen molar-refractivity contribution < 1.29 is 5.11 Å². The highest BCUT2D eigenvalue weighted by molar-refractivity contribution is 9.10. The number of hydrogen-bond acceptors (Lipinski definition) is 5. The normalized spacial score (nSPS) is 12.0. The number of nitrogens with one attached hydrogen (secondary N) is 1. The first-order chi connectivity index (χ1) is 13.7. The lowest BCUT2D eigenvalue weighted by molar-refractivity contribution is 0.474. The van der Waals surface area contributed by atoms with E-state index in [1.807, 2.05) is 54.6 Å². The zero-order valence-electron chi connectivity index (χ0n) is 14.6. The maximum absolute atomic E-state index is 9.97. The molecule has 3 aromatic carbocycles. The number of amidine groups is 1. The van der Waals surface area contributed by atoms with Gasteiger partial charge in [-0.25, -0.2) is 9.98 Å². The smallest absolute Gasteiger partial charge is 0.183 e. The zero-order chi connectivity index (χ0) is 19.3. The Balaban J connectivity index is 1.68. The predicted molar refractivity (Wildman–Crippen MR) is 119 cm³/mol. The van der Waals surface area contributed by atoms with Crippen LogP contribution in [0, 0.1) is 0 Å². The number of aromatic hydroxyl groups is 1. The van der Waals surface area contributed by atoms with E-state index in [2.05, 4.69) is 36.4 Å². The van der Waals surface area contributed by atoms with Crippen molar-refractivity contribution in [1.82, 2.24) is 10.4 Å². The number of fused-ring (bicyclic) bond motifs is 1. The van der Waals surface area contributed by atoms with Crippen molar-refractivity contribution in [3.05, 3.63) is 87.8 Å². The van der Waals surface area contributed by atoms with Crippen molar-refractivity contribution in [2.75, 3.05) is 0 Å². The van der Waals surface area contributed by atoms with Gasteiger partial charge in [-0.05, 0) is 42.5 Å². The van der Waals surface area contributed by atoms with Gasteiger partial charge in [-0.1, -0.05) is 46.3 Å². The molecule has 0 aliphatic rings. The lowest BCUT2D eigenvalue weighted by Gasteiger charge is -2.03. The molecule has 4 rings (SSSR count). The third-order valence-electron chi connectivity index (χ3n) is 3.86. The number of rotatable bonds is 4. The fraction of sp³-hybridized carbons (Fsp3) is 0. The first kappa shape index (κ1) is 18.3. The van der Waals surface area contributed by atoms with E-state index < -0.39 is 0 Å². The number of para-hydroxylation sites is 2. The monoisotopic (exact) mass is 450 g/mol. The molecule has 2 N–H and O–H groups in total. The Morgan fingerprint density at radius 2 is 1.82 bits per heavy atom. The molecule has 0 atom stereocenters. The molecule has 0 aliphatic heterocycles. The molecule has 28 heavy (non-hydrogen) atoms. The molecule has 7 heteroatoms. The number of nitrogens with zero attached hydrogens (tertiary/aromatic N) is 3. The standard InChI is InChI=1S/C21H15BrN4OS/c22-15-10-11-18(27)14(12-15)13-23-26-20(24-16-6-2-1-3-7-16)21-25-17-8-4-5-9-19(17)28-21/h1-13,27H,(H,24,26)/b23-13+. The minimum atomic E-state index is 0.148. The third kappa shape index (κ3) is 4.27. The molecule has 0 unspecified atom stereocenters. The van der Waals surface area contributed by atoms with E-state index in [4.69, 9.17) is 0 Å². The van der Waals surface area contributed by atoms with Crippen LogP contribution in [0.5, 0.6) is 5.75 Å². The van der Waals surface area contributed by atoms with Crippen molar-refractivity contribution >= 4 is 55.2 Å². The summed E-state index contributed by atoms with van der Waals surface area (Å²) in [6.45, 7) is 0. The molecule has 4 aromatic rings. The van der Waals surface area contributed by atoms with Gasteiger partial charge in [-0.15, -0.1) is 11.3 Å². The highest BCUT2D eigenvalue weighted by Crippen LogP contribution is 2.23. The number of aromatic nitrogens is 1. The quantitative estimate of drug-likeness (QED) is 0.246. The van der Waals surface area contributed by atoms with Gasteiger partial charge >= 0.3 is 0 Å². The zero-order valence-corrected chi connectivity index (χ0v) is 17.0. The summed E-state index contributed by atoms with van der Waals surface area (Å²) in [7, 11) is 0. The molecule has 0 amide bonds. The number of aliphatic imine (C=N–C) groups is 1. The summed E-state index contributed by atoms with van der Waals surface area (Å²) in [5.74, 6) is 0.688. The van der Waals surface area contributed by atoms with Gasteiger partial charge in [0, 0.05) is 10.0 Å². The van der Waals surface area contributed by atoms with Crippen LogP contribution in [0.15, 0.2) is 87.4 Å². The van der Waals surface area contributed by atoms with Gasteiger partial charge in [-0.3, -0.25) is 5.43 Å². The van der Waals surface area contributed by atoms with Crippen molar-refractivity contribution in [3.8, 4) is 5.75 Å². The van der Waals surface area contributed by atoms with Crippen LogP contribution >= 0.6 is 27.3 Å². The Morgan fingerprint density at radius 3 is 2.64 bits per heavy atom. The van der Waals surface area contributed by atoms with E-state index in [-0.39, 0.29) is 5.75 Å². The van der Waals surface area contributed by atoms with Gasteiger partial charge in [0.15, 0.2) is 10.8 Å².